The zero-order valence-electron chi connectivity index (χ0n) is 12.3. The van der Waals surface area contributed by atoms with Crippen molar-refractivity contribution >= 4 is 11.6 Å². The minimum Gasteiger partial charge on any atom is -0.118 e. The van der Waals surface area contributed by atoms with E-state index in [4.69, 9.17) is 11.6 Å². The van der Waals surface area contributed by atoms with Gasteiger partial charge in [0, 0.05) is 0 Å². The molecule has 0 amide bonds. The molecule has 0 saturated heterocycles. The highest BCUT2D eigenvalue weighted by molar-refractivity contribution is 6.20. The molecule has 0 radical (unpaired) electrons. The van der Waals surface area contributed by atoms with Crippen LogP contribution in [0.15, 0.2) is 60.7 Å². The average Bonchev–Trinajstić information content (AvgIpc) is 2.48. The second-order valence-corrected chi connectivity index (χ2v) is 6.38. The second kappa shape index (κ2) is 7.50. The summed E-state index contributed by atoms with van der Waals surface area (Å²) in [5.74, 6) is 1.21. The number of halogens is 1. The largest absolute Gasteiger partial charge is 0.118 e. The van der Waals surface area contributed by atoms with Gasteiger partial charge in [-0.1, -0.05) is 74.5 Å². The van der Waals surface area contributed by atoms with E-state index in [0.717, 1.165) is 6.42 Å². The SMILES string of the molecule is CC(C)CC(CC(Cl)c1ccccc1)c1ccccc1. The van der Waals surface area contributed by atoms with Gasteiger partial charge in [0.1, 0.15) is 0 Å². The summed E-state index contributed by atoms with van der Waals surface area (Å²) in [6.45, 7) is 4.56. The summed E-state index contributed by atoms with van der Waals surface area (Å²) >= 11 is 6.63. The molecule has 0 N–H and O–H groups in total. The topological polar surface area (TPSA) is 0 Å². The highest BCUT2D eigenvalue weighted by Crippen LogP contribution is 2.36. The van der Waals surface area contributed by atoms with E-state index >= 15 is 0 Å². The Kier molecular flexibility index (Phi) is 5.67. The Morgan fingerprint density at radius 2 is 1.25 bits per heavy atom. The number of rotatable bonds is 6. The van der Waals surface area contributed by atoms with Crippen molar-refractivity contribution in [3.63, 3.8) is 0 Å². The first-order chi connectivity index (χ1) is 9.66. The molecule has 0 nitrogen and oxygen atoms in total. The van der Waals surface area contributed by atoms with Gasteiger partial charge in [-0.3, -0.25) is 0 Å². The fourth-order valence-electron chi connectivity index (χ4n) is 2.71. The van der Waals surface area contributed by atoms with Crippen LogP contribution in [0.1, 0.15) is 49.1 Å². The number of hydrogen-bond acceptors (Lipinski definition) is 0. The Morgan fingerprint density at radius 3 is 1.75 bits per heavy atom. The fraction of sp³-hybridized carbons (Fsp3) is 0.368. The maximum Gasteiger partial charge on any atom is 0.0591 e. The van der Waals surface area contributed by atoms with Gasteiger partial charge >= 0.3 is 0 Å². The van der Waals surface area contributed by atoms with E-state index in [2.05, 4.69) is 68.4 Å². The first-order valence-corrected chi connectivity index (χ1v) is 7.84. The molecule has 0 fully saturated rings. The summed E-state index contributed by atoms with van der Waals surface area (Å²) in [6, 6.07) is 21.2. The van der Waals surface area contributed by atoms with Crippen LogP contribution in [-0.2, 0) is 0 Å². The maximum absolute atomic E-state index is 6.63. The van der Waals surface area contributed by atoms with E-state index in [1.54, 1.807) is 0 Å². The van der Waals surface area contributed by atoms with Gasteiger partial charge in [-0.15, -0.1) is 11.6 Å². The molecular weight excluding hydrogens is 264 g/mol. The van der Waals surface area contributed by atoms with Crippen molar-refractivity contribution in [3.8, 4) is 0 Å². The molecule has 0 heterocycles. The lowest BCUT2D eigenvalue weighted by atomic mass is 9.85. The summed E-state index contributed by atoms with van der Waals surface area (Å²) in [7, 11) is 0. The fourth-order valence-corrected chi connectivity index (χ4v) is 3.07. The molecule has 2 unspecified atom stereocenters. The number of hydrogen-bond donors (Lipinski definition) is 0. The second-order valence-electron chi connectivity index (χ2n) is 5.85. The Balaban J connectivity index is 2.12. The Bertz CT molecular complexity index is 490. The van der Waals surface area contributed by atoms with Crippen molar-refractivity contribution in [2.45, 2.75) is 38.0 Å². The molecule has 2 aromatic carbocycles. The molecule has 1 heteroatoms. The van der Waals surface area contributed by atoms with Crippen molar-refractivity contribution in [3.05, 3.63) is 71.8 Å². The van der Waals surface area contributed by atoms with Gasteiger partial charge in [-0.2, -0.15) is 0 Å². The average molecular weight is 287 g/mol. The molecular formula is C19H23Cl. The monoisotopic (exact) mass is 286 g/mol. The summed E-state index contributed by atoms with van der Waals surface area (Å²) in [6.07, 6.45) is 2.17. The molecule has 106 valence electrons. The predicted octanol–water partition coefficient (Wildman–Crippen LogP) is 6.19. The quantitative estimate of drug-likeness (QED) is 0.556. The summed E-state index contributed by atoms with van der Waals surface area (Å²) in [5, 5.41) is 0.0835. The zero-order valence-corrected chi connectivity index (χ0v) is 13.1. The van der Waals surface area contributed by atoms with E-state index in [0.29, 0.717) is 11.8 Å². The van der Waals surface area contributed by atoms with Crippen LogP contribution in [-0.4, -0.2) is 0 Å². The predicted molar refractivity (Wildman–Crippen MR) is 88.3 cm³/mol. The van der Waals surface area contributed by atoms with Gasteiger partial charge in [0.2, 0.25) is 0 Å². The molecule has 0 aliphatic rings. The van der Waals surface area contributed by atoms with Gasteiger partial charge in [-0.25, -0.2) is 0 Å². The normalized spacial score (nSPS) is 14.2. The molecule has 2 atom stereocenters. The minimum atomic E-state index is 0.0835. The van der Waals surface area contributed by atoms with Crippen LogP contribution < -0.4 is 0 Å². The van der Waals surface area contributed by atoms with Gasteiger partial charge < -0.3 is 0 Å². The van der Waals surface area contributed by atoms with Crippen molar-refractivity contribution in [1.82, 2.24) is 0 Å². The van der Waals surface area contributed by atoms with E-state index in [1.165, 1.54) is 17.5 Å². The van der Waals surface area contributed by atoms with Crippen molar-refractivity contribution in [1.29, 1.82) is 0 Å². The lowest BCUT2D eigenvalue weighted by Gasteiger charge is -2.22. The summed E-state index contributed by atoms with van der Waals surface area (Å²) < 4.78 is 0. The number of benzene rings is 2. The Labute approximate surface area is 127 Å². The molecule has 0 spiro atoms. The molecule has 2 rings (SSSR count). The van der Waals surface area contributed by atoms with Gasteiger partial charge in [0.15, 0.2) is 0 Å². The lowest BCUT2D eigenvalue weighted by Crippen LogP contribution is -2.06. The van der Waals surface area contributed by atoms with E-state index in [1.807, 2.05) is 6.07 Å². The van der Waals surface area contributed by atoms with Crippen LogP contribution in [0, 0.1) is 5.92 Å². The molecule has 2 aromatic rings. The van der Waals surface area contributed by atoms with Crippen LogP contribution >= 0.6 is 11.6 Å². The van der Waals surface area contributed by atoms with Crippen LogP contribution in [0.25, 0.3) is 0 Å². The lowest BCUT2D eigenvalue weighted by molar-refractivity contribution is 0.472. The Morgan fingerprint density at radius 1 is 0.750 bits per heavy atom. The molecule has 0 bridgehead atoms. The molecule has 0 aliphatic heterocycles. The van der Waals surface area contributed by atoms with E-state index in [-0.39, 0.29) is 5.38 Å². The third-order valence-electron chi connectivity index (χ3n) is 3.68. The van der Waals surface area contributed by atoms with Crippen LogP contribution in [0.5, 0.6) is 0 Å². The van der Waals surface area contributed by atoms with Crippen molar-refractivity contribution in [2.24, 2.45) is 5.92 Å². The molecule has 0 aliphatic carbocycles. The van der Waals surface area contributed by atoms with E-state index in [9.17, 15) is 0 Å². The van der Waals surface area contributed by atoms with Crippen molar-refractivity contribution < 1.29 is 0 Å². The van der Waals surface area contributed by atoms with Gasteiger partial charge in [-0.05, 0) is 35.8 Å². The summed E-state index contributed by atoms with van der Waals surface area (Å²) in [5.41, 5.74) is 2.63. The Hall–Kier alpha value is -1.27. The molecule has 0 saturated carbocycles. The highest BCUT2D eigenvalue weighted by atomic mass is 35.5. The van der Waals surface area contributed by atoms with Crippen LogP contribution in [0.2, 0.25) is 0 Å². The first-order valence-electron chi connectivity index (χ1n) is 7.40. The maximum atomic E-state index is 6.63. The third-order valence-corrected chi connectivity index (χ3v) is 4.11. The summed E-state index contributed by atoms with van der Waals surface area (Å²) in [4.78, 5) is 0. The van der Waals surface area contributed by atoms with Gasteiger partial charge in [0.05, 0.1) is 5.38 Å². The minimum absolute atomic E-state index is 0.0835. The molecule has 20 heavy (non-hydrogen) atoms. The molecule has 0 aromatic heterocycles. The highest BCUT2D eigenvalue weighted by Gasteiger charge is 2.18. The zero-order chi connectivity index (χ0) is 14.4. The standard InChI is InChI=1S/C19H23Cl/c1-15(2)13-18(16-9-5-3-6-10-16)14-19(20)17-11-7-4-8-12-17/h3-12,15,18-19H,13-14H2,1-2H3. The first kappa shape index (κ1) is 15.1. The van der Waals surface area contributed by atoms with Crippen molar-refractivity contribution in [2.75, 3.05) is 0 Å². The van der Waals surface area contributed by atoms with Crippen LogP contribution in [0.3, 0.4) is 0 Å². The smallest absolute Gasteiger partial charge is 0.0591 e. The van der Waals surface area contributed by atoms with Gasteiger partial charge in [0.25, 0.3) is 0 Å². The number of alkyl halides is 1. The third kappa shape index (κ3) is 4.38. The van der Waals surface area contributed by atoms with Crippen LogP contribution in [0.4, 0.5) is 0 Å². The van der Waals surface area contributed by atoms with E-state index < -0.39 is 0 Å².